The molecule has 3 aromatic carbocycles. The summed E-state index contributed by atoms with van der Waals surface area (Å²) in [5.74, 6) is 0.131. The Bertz CT molecular complexity index is 1260. The second-order valence-electron chi connectivity index (χ2n) is 7.74. The number of nitrogens with zero attached hydrogens (tertiary/aromatic N) is 2. The summed E-state index contributed by atoms with van der Waals surface area (Å²) in [6.07, 6.45) is 0. The zero-order valence-electron chi connectivity index (χ0n) is 19.1. The lowest BCUT2D eigenvalue weighted by molar-refractivity contribution is 0.102. The summed E-state index contributed by atoms with van der Waals surface area (Å²) in [4.78, 5) is 15.2. The fraction of sp³-hybridized carbons (Fsp3) is 0.240. The number of ether oxygens (including phenoxy) is 2. The Morgan fingerprint density at radius 3 is 2.32 bits per heavy atom. The van der Waals surface area contributed by atoms with Gasteiger partial charge in [-0.05, 0) is 48.5 Å². The fourth-order valence-corrected chi connectivity index (χ4v) is 5.02. The number of benzene rings is 3. The Kier molecular flexibility index (Phi) is 7.04. The van der Waals surface area contributed by atoms with Gasteiger partial charge in [0.05, 0.1) is 42.3 Å². The van der Waals surface area contributed by atoms with Crippen LogP contribution in [0.4, 0.5) is 17.1 Å². The Labute approximate surface area is 199 Å². The van der Waals surface area contributed by atoms with Crippen LogP contribution >= 0.6 is 0 Å². The quantitative estimate of drug-likeness (QED) is 0.555. The molecule has 0 aromatic heterocycles. The number of hydrogen-bond acceptors (Lipinski definition) is 6. The van der Waals surface area contributed by atoms with Crippen molar-refractivity contribution in [1.29, 1.82) is 0 Å². The van der Waals surface area contributed by atoms with Crippen molar-refractivity contribution in [2.24, 2.45) is 0 Å². The molecule has 0 aliphatic carbocycles. The van der Waals surface area contributed by atoms with E-state index in [1.54, 1.807) is 24.3 Å². The zero-order chi connectivity index (χ0) is 24.1. The van der Waals surface area contributed by atoms with Crippen molar-refractivity contribution in [1.82, 2.24) is 0 Å². The van der Waals surface area contributed by atoms with Crippen LogP contribution in [-0.4, -0.2) is 54.8 Å². The molecule has 8 nitrogen and oxygen atoms in total. The first kappa shape index (κ1) is 23.6. The van der Waals surface area contributed by atoms with Gasteiger partial charge in [0.2, 0.25) is 0 Å². The fourth-order valence-electron chi connectivity index (χ4n) is 3.81. The minimum atomic E-state index is -3.84. The van der Waals surface area contributed by atoms with Crippen LogP contribution in [0.2, 0.25) is 0 Å². The van der Waals surface area contributed by atoms with Crippen LogP contribution in [0.15, 0.2) is 77.7 Å². The number of rotatable bonds is 7. The summed E-state index contributed by atoms with van der Waals surface area (Å²) < 4.78 is 38.2. The van der Waals surface area contributed by atoms with E-state index in [1.807, 2.05) is 24.3 Å². The van der Waals surface area contributed by atoms with Crippen molar-refractivity contribution in [3.8, 4) is 5.75 Å². The standard InChI is InChI=1S/C25H27N3O5S/c1-27(23-9-5-6-10-24(23)32-2)34(30,31)20-13-11-19(12-14-20)25(29)26-21-7-3-4-8-22(21)28-15-17-33-18-16-28/h3-14H,15-18H2,1-2H3,(H,26,29). The van der Waals surface area contributed by atoms with Crippen molar-refractivity contribution < 1.29 is 22.7 Å². The van der Waals surface area contributed by atoms with Gasteiger partial charge in [0.15, 0.2) is 0 Å². The maximum atomic E-state index is 13.1. The van der Waals surface area contributed by atoms with Gasteiger partial charge in [-0.3, -0.25) is 9.10 Å². The van der Waals surface area contributed by atoms with E-state index >= 15 is 0 Å². The molecule has 0 bridgehead atoms. The summed E-state index contributed by atoms with van der Waals surface area (Å²) in [7, 11) is -0.885. The molecular weight excluding hydrogens is 454 g/mol. The predicted molar refractivity (Wildman–Crippen MR) is 132 cm³/mol. The molecule has 0 spiro atoms. The molecule has 0 radical (unpaired) electrons. The maximum Gasteiger partial charge on any atom is 0.264 e. The Morgan fingerprint density at radius 1 is 0.971 bits per heavy atom. The molecule has 0 unspecified atom stereocenters. The number of carbonyl (C=O) groups excluding carboxylic acids is 1. The predicted octanol–water partition coefficient (Wildman–Crippen LogP) is 3.61. The number of carbonyl (C=O) groups is 1. The number of amides is 1. The maximum absolute atomic E-state index is 13.1. The number of sulfonamides is 1. The lowest BCUT2D eigenvalue weighted by atomic mass is 10.2. The molecule has 1 aliphatic rings. The molecule has 1 heterocycles. The molecule has 178 valence electrons. The first-order valence-electron chi connectivity index (χ1n) is 10.9. The van der Waals surface area contributed by atoms with E-state index < -0.39 is 10.0 Å². The number of methoxy groups -OCH3 is 1. The number of morpholine rings is 1. The summed E-state index contributed by atoms with van der Waals surface area (Å²) in [6.45, 7) is 2.78. The van der Waals surface area contributed by atoms with E-state index in [-0.39, 0.29) is 10.8 Å². The summed E-state index contributed by atoms with van der Waals surface area (Å²) in [5, 5.41) is 2.95. The average Bonchev–Trinajstić information content (AvgIpc) is 2.89. The number of para-hydroxylation sites is 4. The second kappa shape index (κ2) is 10.1. The van der Waals surface area contributed by atoms with Crippen LogP contribution in [0, 0.1) is 0 Å². The van der Waals surface area contributed by atoms with Gasteiger partial charge in [0.25, 0.3) is 15.9 Å². The van der Waals surface area contributed by atoms with Crippen LogP contribution < -0.4 is 19.3 Å². The molecule has 1 fully saturated rings. The highest BCUT2D eigenvalue weighted by Gasteiger charge is 2.24. The van der Waals surface area contributed by atoms with Crippen LogP contribution in [0.25, 0.3) is 0 Å². The summed E-state index contributed by atoms with van der Waals surface area (Å²) >= 11 is 0. The second-order valence-corrected chi connectivity index (χ2v) is 9.71. The molecule has 0 atom stereocenters. The average molecular weight is 482 g/mol. The Hall–Kier alpha value is -3.56. The van der Waals surface area contributed by atoms with E-state index in [4.69, 9.17) is 9.47 Å². The minimum absolute atomic E-state index is 0.0752. The Balaban J connectivity index is 1.52. The molecule has 0 saturated carbocycles. The van der Waals surface area contributed by atoms with Crippen LogP contribution in [0.3, 0.4) is 0 Å². The summed E-state index contributed by atoms with van der Waals surface area (Å²) in [5.41, 5.74) is 2.40. The molecule has 1 N–H and O–H groups in total. The number of hydrogen-bond donors (Lipinski definition) is 1. The number of anilines is 3. The van der Waals surface area contributed by atoms with Gasteiger partial charge in [-0.15, -0.1) is 0 Å². The topological polar surface area (TPSA) is 88.2 Å². The third-order valence-corrected chi connectivity index (χ3v) is 7.49. The van der Waals surface area contributed by atoms with Gasteiger partial charge < -0.3 is 19.7 Å². The number of nitrogens with one attached hydrogen (secondary N) is 1. The largest absolute Gasteiger partial charge is 0.495 e. The van der Waals surface area contributed by atoms with Gasteiger partial charge in [-0.1, -0.05) is 24.3 Å². The van der Waals surface area contributed by atoms with E-state index in [0.717, 1.165) is 18.8 Å². The van der Waals surface area contributed by atoms with E-state index in [9.17, 15) is 13.2 Å². The highest BCUT2D eigenvalue weighted by molar-refractivity contribution is 7.92. The van der Waals surface area contributed by atoms with Crippen molar-refractivity contribution in [3.63, 3.8) is 0 Å². The third kappa shape index (κ3) is 4.85. The van der Waals surface area contributed by atoms with E-state index in [0.29, 0.717) is 35.9 Å². The zero-order valence-corrected chi connectivity index (χ0v) is 19.9. The normalized spacial score (nSPS) is 13.9. The minimum Gasteiger partial charge on any atom is -0.495 e. The van der Waals surface area contributed by atoms with E-state index in [1.165, 1.54) is 42.7 Å². The SMILES string of the molecule is COc1ccccc1N(C)S(=O)(=O)c1ccc(C(=O)Nc2ccccc2N2CCOCC2)cc1. The monoisotopic (exact) mass is 481 g/mol. The molecule has 9 heteroatoms. The molecular formula is C25H27N3O5S. The molecule has 1 saturated heterocycles. The molecule has 1 aliphatic heterocycles. The van der Waals surface area contributed by atoms with Crippen molar-refractivity contribution >= 4 is 33.0 Å². The van der Waals surface area contributed by atoms with Crippen LogP contribution in [-0.2, 0) is 14.8 Å². The van der Waals surface area contributed by atoms with Crippen LogP contribution in [0.5, 0.6) is 5.75 Å². The van der Waals surface area contributed by atoms with Crippen molar-refractivity contribution in [2.75, 3.05) is 55.0 Å². The lowest BCUT2D eigenvalue weighted by Crippen LogP contribution is -2.36. The highest BCUT2D eigenvalue weighted by atomic mass is 32.2. The molecule has 1 amide bonds. The van der Waals surface area contributed by atoms with Crippen molar-refractivity contribution in [3.05, 3.63) is 78.4 Å². The Morgan fingerprint density at radius 2 is 1.62 bits per heavy atom. The smallest absolute Gasteiger partial charge is 0.264 e. The van der Waals surface area contributed by atoms with Crippen LogP contribution in [0.1, 0.15) is 10.4 Å². The first-order valence-corrected chi connectivity index (χ1v) is 12.3. The highest BCUT2D eigenvalue weighted by Crippen LogP contribution is 2.31. The summed E-state index contributed by atoms with van der Waals surface area (Å²) in [6, 6.07) is 20.4. The molecule has 4 rings (SSSR count). The van der Waals surface area contributed by atoms with E-state index in [2.05, 4.69) is 10.2 Å². The van der Waals surface area contributed by atoms with Gasteiger partial charge >= 0.3 is 0 Å². The third-order valence-electron chi connectivity index (χ3n) is 5.70. The molecule has 34 heavy (non-hydrogen) atoms. The molecule has 3 aromatic rings. The van der Waals surface area contributed by atoms with Crippen molar-refractivity contribution in [2.45, 2.75) is 4.90 Å². The first-order chi connectivity index (χ1) is 16.4. The van der Waals surface area contributed by atoms with Gasteiger partial charge in [0.1, 0.15) is 5.75 Å². The van der Waals surface area contributed by atoms with Gasteiger partial charge in [0, 0.05) is 25.7 Å². The lowest BCUT2D eigenvalue weighted by Gasteiger charge is -2.30. The van der Waals surface area contributed by atoms with Gasteiger partial charge in [-0.2, -0.15) is 0 Å². The van der Waals surface area contributed by atoms with Gasteiger partial charge in [-0.25, -0.2) is 8.42 Å².